The molecule has 0 saturated heterocycles. The minimum Gasteiger partial charge on any atom is -0.473 e. The molecule has 4 rings (SSSR count). The van der Waals surface area contributed by atoms with E-state index in [4.69, 9.17) is 19.1 Å². The van der Waals surface area contributed by atoms with E-state index in [9.17, 15) is 0 Å². The van der Waals surface area contributed by atoms with E-state index in [0.29, 0.717) is 17.7 Å². The molecule has 0 bridgehead atoms. The second-order valence-corrected chi connectivity index (χ2v) is 8.28. The van der Waals surface area contributed by atoms with Crippen molar-refractivity contribution in [3.05, 3.63) is 65.9 Å². The minimum atomic E-state index is 0.0162. The average molecular weight is 417 g/mol. The molecule has 0 aliphatic carbocycles. The summed E-state index contributed by atoms with van der Waals surface area (Å²) in [6, 6.07) is 16.3. The average Bonchev–Trinajstić information content (AvgIpc) is 3.22. The van der Waals surface area contributed by atoms with Gasteiger partial charge in [-0.05, 0) is 50.5 Å². The summed E-state index contributed by atoms with van der Waals surface area (Å²) in [5, 5.41) is 8.26. The van der Waals surface area contributed by atoms with Crippen molar-refractivity contribution in [2.45, 2.75) is 59.0 Å². The van der Waals surface area contributed by atoms with E-state index < -0.39 is 0 Å². The van der Waals surface area contributed by atoms with E-state index >= 15 is 0 Å². The molecule has 0 radical (unpaired) electrons. The predicted octanol–water partition coefficient (Wildman–Crippen LogP) is 5.77. The van der Waals surface area contributed by atoms with Gasteiger partial charge in [-0.1, -0.05) is 44.2 Å². The zero-order valence-electron chi connectivity index (χ0n) is 18.5. The molecule has 0 unspecified atom stereocenters. The third-order valence-electron chi connectivity index (χ3n) is 4.92. The van der Waals surface area contributed by atoms with Gasteiger partial charge in [0.25, 0.3) is 0 Å². The van der Waals surface area contributed by atoms with E-state index in [2.05, 4.69) is 48.3 Å². The maximum absolute atomic E-state index is 6.01. The molecular weight excluding hydrogens is 388 g/mol. The van der Waals surface area contributed by atoms with Gasteiger partial charge in [0, 0.05) is 17.9 Å². The number of para-hydroxylation sites is 2. The van der Waals surface area contributed by atoms with E-state index in [-0.39, 0.29) is 12.0 Å². The number of fused-ring (bicyclic) bond motifs is 1. The lowest BCUT2D eigenvalue weighted by atomic mass is 10.0. The maximum Gasteiger partial charge on any atom is 0.241 e. The summed E-state index contributed by atoms with van der Waals surface area (Å²) in [5.74, 6) is 2.22. The Morgan fingerprint density at radius 1 is 0.871 bits per heavy atom. The number of hydrogen-bond donors (Lipinski definition) is 0. The van der Waals surface area contributed by atoms with Gasteiger partial charge in [-0.15, -0.1) is 10.2 Å². The molecule has 0 N–H and O–H groups in total. The van der Waals surface area contributed by atoms with Gasteiger partial charge < -0.3 is 9.15 Å². The first kappa shape index (κ1) is 21.0. The molecule has 2 aromatic carbocycles. The van der Waals surface area contributed by atoms with Gasteiger partial charge in [-0.3, -0.25) is 0 Å². The Morgan fingerprint density at radius 3 is 2.35 bits per heavy atom. The number of nitrogens with zero attached hydrogens (tertiary/aromatic N) is 4. The van der Waals surface area contributed by atoms with Crippen LogP contribution < -0.4 is 4.74 Å². The monoisotopic (exact) mass is 416 g/mol. The molecule has 0 spiro atoms. The van der Waals surface area contributed by atoms with Gasteiger partial charge in [0.05, 0.1) is 17.1 Å². The van der Waals surface area contributed by atoms with Crippen LogP contribution in [0.3, 0.4) is 0 Å². The number of aryl methyl sites for hydroxylation is 2. The molecule has 6 heteroatoms. The van der Waals surface area contributed by atoms with Crippen LogP contribution in [0.1, 0.15) is 57.4 Å². The van der Waals surface area contributed by atoms with E-state index in [0.717, 1.165) is 41.6 Å². The van der Waals surface area contributed by atoms with E-state index in [1.807, 2.05) is 38.1 Å². The smallest absolute Gasteiger partial charge is 0.241 e. The maximum atomic E-state index is 6.01. The van der Waals surface area contributed by atoms with E-state index in [1.54, 1.807) is 0 Å². The van der Waals surface area contributed by atoms with Gasteiger partial charge in [0.15, 0.2) is 0 Å². The second kappa shape index (κ2) is 9.25. The Morgan fingerprint density at radius 2 is 1.65 bits per heavy atom. The largest absolute Gasteiger partial charge is 0.473 e. The van der Waals surface area contributed by atoms with Crippen LogP contribution in [0.2, 0.25) is 0 Å². The molecular formula is C25H28N4O2. The number of ether oxygens (including phenoxy) is 1. The summed E-state index contributed by atoms with van der Waals surface area (Å²) in [7, 11) is 0. The normalized spacial score (nSPS) is 11.5. The fourth-order valence-corrected chi connectivity index (χ4v) is 3.40. The third kappa shape index (κ3) is 5.08. The number of hydrogen-bond acceptors (Lipinski definition) is 6. The zero-order chi connectivity index (χ0) is 21.8. The first-order valence-corrected chi connectivity index (χ1v) is 10.8. The molecule has 0 amide bonds. The highest BCUT2D eigenvalue weighted by Crippen LogP contribution is 2.30. The lowest BCUT2D eigenvalue weighted by Crippen LogP contribution is -2.09. The highest BCUT2D eigenvalue weighted by molar-refractivity contribution is 5.79. The van der Waals surface area contributed by atoms with Gasteiger partial charge >= 0.3 is 0 Å². The van der Waals surface area contributed by atoms with Gasteiger partial charge in [0.1, 0.15) is 5.69 Å². The van der Waals surface area contributed by atoms with Crippen LogP contribution in [-0.2, 0) is 12.8 Å². The van der Waals surface area contributed by atoms with Crippen molar-refractivity contribution in [1.29, 1.82) is 0 Å². The summed E-state index contributed by atoms with van der Waals surface area (Å²) in [6.07, 6.45) is 2.63. The first-order valence-electron chi connectivity index (χ1n) is 10.8. The van der Waals surface area contributed by atoms with Crippen molar-refractivity contribution in [3.8, 4) is 17.1 Å². The fourth-order valence-electron chi connectivity index (χ4n) is 3.40. The SMILES string of the molecule is CC(C)Oc1nc2ccccc2nc1-c1cccc(CCCc2nnc(C(C)C)o2)c1. The molecule has 31 heavy (non-hydrogen) atoms. The van der Waals surface area contributed by atoms with Crippen LogP contribution in [0.4, 0.5) is 0 Å². The molecule has 0 aliphatic rings. The summed E-state index contributed by atoms with van der Waals surface area (Å²) < 4.78 is 11.7. The Labute approximate surface area is 182 Å². The van der Waals surface area contributed by atoms with Crippen molar-refractivity contribution in [3.63, 3.8) is 0 Å². The fraction of sp³-hybridized carbons (Fsp3) is 0.360. The Kier molecular flexibility index (Phi) is 6.26. The topological polar surface area (TPSA) is 73.9 Å². The highest BCUT2D eigenvalue weighted by atomic mass is 16.5. The van der Waals surface area contributed by atoms with Crippen molar-refractivity contribution in [2.75, 3.05) is 0 Å². The van der Waals surface area contributed by atoms with Gasteiger partial charge in [-0.2, -0.15) is 0 Å². The Hall–Kier alpha value is -3.28. The van der Waals surface area contributed by atoms with E-state index in [1.165, 1.54) is 5.56 Å². The molecule has 0 aliphatic heterocycles. The van der Waals surface area contributed by atoms with Crippen molar-refractivity contribution < 1.29 is 9.15 Å². The van der Waals surface area contributed by atoms with Crippen LogP contribution in [0.25, 0.3) is 22.3 Å². The lowest BCUT2D eigenvalue weighted by Gasteiger charge is -2.14. The Balaban J connectivity index is 1.55. The summed E-state index contributed by atoms with van der Waals surface area (Å²) >= 11 is 0. The predicted molar refractivity (Wildman–Crippen MR) is 121 cm³/mol. The van der Waals surface area contributed by atoms with Crippen LogP contribution in [-0.4, -0.2) is 26.3 Å². The van der Waals surface area contributed by atoms with Gasteiger partial charge in [-0.25, -0.2) is 9.97 Å². The van der Waals surface area contributed by atoms with Crippen LogP contribution in [0.5, 0.6) is 5.88 Å². The van der Waals surface area contributed by atoms with Gasteiger partial charge in [0.2, 0.25) is 17.7 Å². The molecule has 2 aromatic heterocycles. The molecule has 0 atom stereocenters. The summed E-state index contributed by atoms with van der Waals surface area (Å²) in [4.78, 5) is 9.59. The molecule has 0 fully saturated rings. The standard InChI is InChI=1S/C25H28N4O2/c1-16(2)24-29-28-22(31-24)14-8-10-18-9-7-11-19(15-18)23-25(30-17(3)4)27-21-13-6-5-12-20(21)26-23/h5-7,9,11-13,15-17H,8,10,14H2,1-4H3. The van der Waals surface area contributed by atoms with Crippen LogP contribution >= 0.6 is 0 Å². The number of benzene rings is 2. The highest BCUT2D eigenvalue weighted by Gasteiger charge is 2.15. The molecule has 160 valence electrons. The summed E-state index contributed by atoms with van der Waals surface area (Å²) in [6.45, 7) is 8.10. The van der Waals surface area contributed by atoms with Crippen LogP contribution in [0.15, 0.2) is 52.9 Å². The van der Waals surface area contributed by atoms with Crippen molar-refractivity contribution >= 4 is 11.0 Å². The molecule has 0 saturated carbocycles. The molecule has 4 aromatic rings. The number of aromatic nitrogens is 4. The summed E-state index contributed by atoms with van der Waals surface area (Å²) in [5.41, 5.74) is 4.69. The second-order valence-electron chi connectivity index (χ2n) is 8.28. The zero-order valence-corrected chi connectivity index (χ0v) is 18.5. The number of rotatable bonds is 8. The first-order chi connectivity index (χ1) is 15.0. The molecule has 2 heterocycles. The van der Waals surface area contributed by atoms with Crippen molar-refractivity contribution in [2.24, 2.45) is 0 Å². The molecule has 6 nitrogen and oxygen atoms in total. The van der Waals surface area contributed by atoms with Crippen molar-refractivity contribution in [1.82, 2.24) is 20.2 Å². The quantitative estimate of drug-likeness (QED) is 0.363. The minimum absolute atomic E-state index is 0.0162. The van der Waals surface area contributed by atoms with Crippen LogP contribution in [0, 0.1) is 0 Å². The lowest BCUT2D eigenvalue weighted by molar-refractivity contribution is 0.234. The Bertz CT molecular complexity index is 1170. The third-order valence-corrected chi connectivity index (χ3v) is 4.92.